The number of fused-ring (bicyclic) bond motifs is 1. The zero-order chi connectivity index (χ0) is 21.3. The molecule has 1 aromatic carbocycles. The number of anilines is 1. The molecule has 0 saturated heterocycles. The van der Waals surface area contributed by atoms with Crippen molar-refractivity contribution in [3.8, 4) is 5.69 Å². The molecule has 0 atom stereocenters. The number of hydrogen-bond acceptors (Lipinski definition) is 6. The van der Waals surface area contributed by atoms with E-state index in [1.54, 1.807) is 19.2 Å². The van der Waals surface area contributed by atoms with Gasteiger partial charge in [-0.25, -0.2) is 13.8 Å². The van der Waals surface area contributed by atoms with Gasteiger partial charge in [0.2, 0.25) is 6.41 Å². The molecule has 0 saturated carbocycles. The Balaban J connectivity index is 1.84. The lowest BCUT2D eigenvalue weighted by molar-refractivity contribution is -0.105. The van der Waals surface area contributed by atoms with E-state index in [9.17, 15) is 13.6 Å². The maximum Gasteiger partial charge on any atom is 0.211 e. The van der Waals surface area contributed by atoms with Crippen molar-refractivity contribution in [2.75, 3.05) is 5.32 Å². The maximum absolute atomic E-state index is 14.6. The van der Waals surface area contributed by atoms with Crippen LogP contribution in [0.5, 0.6) is 0 Å². The summed E-state index contributed by atoms with van der Waals surface area (Å²) in [7, 11) is 0. The highest BCUT2D eigenvalue weighted by Gasteiger charge is 2.20. The van der Waals surface area contributed by atoms with Gasteiger partial charge in [-0.05, 0) is 30.7 Å². The van der Waals surface area contributed by atoms with Gasteiger partial charge in [0, 0.05) is 11.9 Å². The quantitative estimate of drug-likeness (QED) is 0.249. The molecular formula is C19H15F2N7OS. The summed E-state index contributed by atoms with van der Waals surface area (Å²) >= 11 is 1.17. The first kappa shape index (κ1) is 19.7. The number of thioether (sulfide) groups is 1. The summed E-state index contributed by atoms with van der Waals surface area (Å²) in [5, 5.41) is 18.5. The molecule has 3 aromatic heterocycles. The number of amides is 1. The molecule has 11 heteroatoms. The van der Waals surface area contributed by atoms with Crippen molar-refractivity contribution in [1.82, 2.24) is 24.7 Å². The van der Waals surface area contributed by atoms with Crippen LogP contribution in [0.1, 0.15) is 11.3 Å². The van der Waals surface area contributed by atoms with Crippen LogP contribution in [0, 0.1) is 24.0 Å². The van der Waals surface area contributed by atoms with E-state index in [0.29, 0.717) is 34.6 Å². The van der Waals surface area contributed by atoms with E-state index in [1.165, 1.54) is 24.0 Å². The van der Waals surface area contributed by atoms with Crippen molar-refractivity contribution in [2.24, 2.45) is 0 Å². The molecule has 4 aromatic rings. The molecule has 4 rings (SSSR count). The molecule has 3 N–H and O–H groups in total. The fourth-order valence-electron chi connectivity index (χ4n) is 3.01. The van der Waals surface area contributed by atoms with E-state index in [2.05, 4.69) is 25.5 Å². The third-order valence-corrected chi connectivity index (χ3v) is 5.35. The maximum atomic E-state index is 14.6. The summed E-state index contributed by atoms with van der Waals surface area (Å²) in [4.78, 5) is 19.1. The number of aromatic amines is 1. The smallest absolute Gasteiger partial charge is 0.211 e. The van der Waals surface area contributed by atoms with Gasteiger partial charge < -0.3 is 5.32 Å². The second kappa shape index (κ2) is 8.03. The Bertz CT molecular complexity index is 1300. The van der Waals surface area contributed by atoms with E-state index >= 15 is 0 Å². The highest BCUT2D eigenvalue weighted by atomic mass is 32.2. The van der Waals surface area contributed by atoms with Crippen LogP contribution in [0.2, 0.25) is 0 Å². The van der Waals surface area contributed by atoms with Gasteiger partial charge in [-0.2, -0.15) is 5.10 Å². The molecule has 30 heavy (non-hydrogen) atoms. The number of aryl methyl sites for hydroxylation is 1. The van der Waals surface area contributed by atoms with E-state index in [4.69, 9.17) is 5.41 Å². The number of rotatable bonds is 6. The molecule has 0 aliphatic carbocycles. The van der Waals surface area contributed by atoms with Gasteiger partial charge in [-0.1, -0.05) is 17.8 Å². The molecule has 1 amide bonds. The zero-order valence-corrected chi connectivity index (χ0v) is 16.4. The van der Waals surface area contributed by atoms with E-state index < -0.39 is 11.6 Å². The molecular weight excluding hydrogens is 412 g/mol. The number of hydrogen-bond donors (Lipinski definition) is 3. The number of halogens is 2. The summed E-state index contributed by atoms with van der Waals surface area (Å²) < 4.78 is 30.3. The minimum absolute atomic E-state index is 0.132. The number of benzene rings is 1. The molecule has 0 fully saturated rings. The summed E-state index contributed by atoms with van der Waals surface area (Å²) in [5.74, 6) is -1.28. The lowest BCUT2D eigenvalue weighted by atomic mass is 10.2. The molecule has 0 unspecified atom stereocenters. The number of carbonyl (C=O) groups is 1. The molecule has 0 aliphatic heterocycles. The summed E-state index contributed by atoms with van der Waals surface area (Å²) in [6, 6.07) is 5.24. The molecule has 0 spiro atoms. The topological polar surface area (TPSA) is 112 Å². The van der Waals surface area contributed by atoms with Crippen molar-refractivity contribution in [3.63, 3.8) is 0 Å². The van der Waals surface area contributed by atoms with Crippen molar-refractivity contribution < 1.29 is 13.6 Å². The number of pyridine rings is 1. The van der Waals surface area contributed by atoms with Crippen molar-refractivity contribution in [1.29, 1.82) is 5.41 Å². The van der Waals surface area contributed by atoms with Crippen LogP contribution in [-0.4, -0.2) is 31.1 Å². The molecule has 8 nitrogen and oxygen atoms in total. The van der Waals surface area contributed by atoms with Crippen LogP contribution in [0.25, 0.3) is 16.7 Å². The molecule has 3 heterocycles. The number of para-hydroxylation sites is 1. The number of aromatic nitrogens is 5. The van der Waals surface area contributed by atoms with E-state index in [0.717, 1.165) is 22.3 Å². The highest BCUT2D eigenvalue weighted by molar-refractivity contribution is 7.98. The number of nitrogens with zero attached hydrogens (tertiary/aromatic N) is 4. The Kier molecular flexibility index (Phi) is 5.27. The Morgan fingerprint density at radius 2 is 2.07 bits per heavy atom. The van der Waals surface area contributed by atoms with Gasteiger partial charge in [-0.3, -0.25) is 24.9 Å². The fourth-order valence-corrected chi connectivity index (χ4v) is 3.93. The standard InChI is InChI=1S/C19H15F2N7OS/c1-10-15-17(22)28(16-13(20)3-2-4-14(16)21)19(25-18(15)27-26-10)30-8-11-5-12(24-9-29)7-23-6-11/h2-7,9,22H,8H2,1H3,(H,24,29)(H,26,27). The average molecular weight is 427 g/mol. The molecule has 152 valence electrons. The van der Waals surface area contributed by atoms with Crippen molar-refractivity contribution >= 4 is 34.9 Å². The predicted octanol–water partition coefficient (Wildman–Crippen LogP) is 3.07. The molecule has 0 radical (unpaired) electrons. The van der Waals surface area contributed by atoms with Gasteiger partial charge >= 0.3 is 0 Å². The SMILES string of the molecule is Cc1n[nH]c2nc(SCc3cncc(NC=O)c3)n(-c3c(F)cccc3F)c(=N)c12. The minimum atomic E-state index is -0.809. The first-order chi connectivity index (χ1) is 14.5. The van der Waals surface area contributed by atoms with E-state index in [1.807, 2.05) is 0 Å². The highest BCUT2D eigenvalue weighted by Crippen LogP contribution is 2.27. The van der Waals surface area contributed by atoms with Crippen LogP contribution < -0.4 is 10.8 Å². The first-order valence-corrected chi connectivity index (χ1v) is 9.71. The van der Waals surface area contributed by atoms with Gasteiger partial charge in [-0.15, -0.1) is 0 Å². The van der Waals surface area contributed by atoms with Gasteiger partial charge in [0.05, 0.1) is 23.0 Å². The van der Waals surface area contributed by atoms with E-state index in [-0.39, 0.29) is 16.3 Å². The average Bonchev–Trinajstić information content (AvgIpc) is 3.09. The minimum Gasteiger partial charge on any atom is -0.327 e. The lowest BCUT2D eigenvalue weighted by Gasteiger charge is -2.15. The lowest BCUT2D eigenvalue weighted by Crippen LogP contribution is -2.24. The van der Waals surface area contributed by atoms with Crippen molar-refractivity contribution in [2.45, 2.75) is 17.8 Å². The Morgan fingerprint density at radius 3 is 2.80 bits per heavy atom. The Hall–Kier alpha value is -3.60. The van der Waals surface area contributed by atoms with Gasteiger partial charge in [0.25, 0.3) is 0 Å². The fraction of sp³-hybridized carbons (Fsp3) is 0.105. The van der Waals surface area contributed by atoms with Crippen LogP contribution in [0.3, 0.4) is 0 Å². The third kappa shape index (κ3) is 3.54. The zero-order valence-electron chi connectivity index (χ0n) is 15.6. The third-order valence-electron chi connectivity index (χ3n) is 4.34. The second-order valence-corrected chi connectivity index (χ2v) is 7.26. The van der Waals surface area contributed by atoms with Crippen molar-refractivity contribution in [3.05, 3.63) is 65.0 Å². The normalized spacial score (nSPS) is 11.0. The Labute approximate surface area is 172 Å². The summed E-state index contributed by atoms with van der Waals surface area (Å²) in [5.41, 5.74) is 1.61. The molecule has 0 aliphatic rings. The van der Waals surface area contributed by atoms with Crippen LogP contribution in [0.15, 0.2) is 41.8 Å². The second-order valence-electron chi connectivity index (χ2n) is 6.31. The van der Waals surface area contributed by atoms with Gasteiger partial charge in [0.1, 0.15) is 22.8 Å². The van der Waals surface area contributed by atoms with Crippen LogP contribution in [0.4, 0.5) is 14.5 Å². The number of H-pyrrole nitrogens is 1. The largest absolute Gasteiger partial charge is 0.327 e. The Morgan fingerprint density at radius 1 is 1.30 bits per heavy atom. The summed E-state index contributed by atoms with van der Waals surface area (Å²) in [6.07, 6.45) is 3.65. The first-order valence-electron chi connectivity index (χ1n) is 8.73. The monoisotopic (exact) mass is 427 g/mol. The molecule has 0 bridgehead atoms. The number of nitrogens with one attached hydrogen (secondary N) is 3. The van der Waals surface area contributed by atoms with Crippen LogP contribution >= 0.6 is 11.8 Å². The van der Waals surface area contributed by atoms with Crippen LogP contribution in [-0.2, 0) is 10.5 Å². The predicted molar refractivity (Wildman–Crippen MR) is 107 cm³/mol. The van der Waals surface area contributed by atoms with Gasteiger partial charge in [0.15, 0.2) is 10.8 Å². The summed E-state index contributed by atoms with van der Waals surface area (Å²) in [6.45, 7) is 1.69. The number of carbonyl (C=O) groups excluding carboxylic acids is 1.